The van der Waals surface area contributed by atoms with Crippen molar-refractivity contribution >= 4 is 11.9 Å². The molecular formula is C18H29N3O2. The fraction of sp³-hybridized carbons (Fsp3) is 0.556. The maximum Gasteiger partial charge on any atom is 0.317 e. The van der Waals surface area contributed by atoms with E-state index in [1.165, 1.54) is 0 Å². The van der Waals surface area contributed by atoms with E-state index in [0.29, 0.717) is 25.4 Å². The Balaban J connectivity index is 2.21. The lowest BCUT2D eigenvalue weighted by Crippen LogP contribution is -2.45. The molecule has 0 saturated heterocycles. The van der Waals surface area contributed by atoms with Crippen LogP contribution in [0.5, 0.6) is 0 Å². The Kier molecular flexibility index (Phi) is 8.16. The molecule has 0 spiro atoms. The van der Waals surface area contributed by atoms with Crippen LogP contribution < -0.4 is 10.6 Å². The predicted octanol–water partition coefficient (Wildman–Crippen LogP) is 2.42. The summed E-state index contributed by atoms with van der Waals surface area (Å²) in [6, 6.07) is 9.69. The maximum absolute atomic E-state index is 12.0. The quantitative estimate of drug-likeness (QED) is 0.723. The van der Waals surface area contributed by atoms with Crippen LogP contribution in [-0.2, 0) is 11.2 Å². The number of nitrogens with zero attached hydrogens (tertiary/aromatic N) is 1. The van der Waals surface area contributed by atoms with Crippen LogP contribution in [0.2, 0.25) is 0 Å². The summed E-state index contributed by atoms with van der Waals surface area (Å²) in [5.41, 5.74) is 0.983. The molecule has 0 bridgehead atoms. The molecular weight excluding hydrogens is 290 g/mol. The van der Waals surface area contributed by atoms with Crippen molar-refractivity contribution in [3.8, 4) is 0 Å². The van der Waals surface area contributed by atoms with Crippen LogP contribution >= 0.6 is 0 Å². The maximum atomic E-state index is 12.0. The summed E-state index contributed by atoms with van der Waals surface area (Å²) in [4.78, 5) is 25.5. The second-order valence-corrected chi connectivity index (χ2v) is 6.33. The van der Waals surface area contributed by atoms with Gasteiger partial charge in [-0.15, -0.1) is 0 Å². The van der Waals surface area contributed by atoms with Gasteiger partial charge in [-0.05, 0) is 24.8 Å². The molecule has 0 fully saturated rings. The van der Waals surface area contributed by atoms with Gasteiger partial charge in [-0.1, -0.05) is 44.2 Å². The third kappa shape index (κ3) is 7.68. The highest BCUT2D eigenvalue weighted by Crippen LogP contribution is 2.09. The lowest BCUT2D eigenvalue weighted by atomic mass is 10.0. The lowest BCUT2D eigenvalue weighted by molar-refractivity contribution is -0.120. The molecule has 5 heteroatoms. The van der Waals surface area contributed by atoms with Crippen molar-refractivity contribution in [1.82, 2.24) is 15.5 Å². The summed E-state index contributed by atoms with van der Waals surface area (Å²) in [7, 11) is 1.80. The van der Waals surface area contributed by atoms with E-state index in [1.54, 1.807) is 11.9 Å². The lowest BCUT2D eigenvalue weighted by Gasteiger charge is -2.26. The van der Waals surface area contributed by atoms with Gasteiger partial charge in [0, 0.05) is 26.2 Å². The van der Waals surface area contributed by atoms with Crippen LogP contribution in [-0.4, -0.2) is 43.0 Å². The monoisotopic (exact) mass is 319 g/mol. The van der Waals surface area contributed by atoms with Gasteiger partial charge in [-0.2, -0.15) is 0 Å². The molecule has 1 aromatic rings. The fourth-order valence-corrected chi connectivity index (χ4v) is 2.38. The van der Waals surface area contributed by atoms with Gasteiger partial charge < -0.3 is 15.5 Å². The van der Waals surface area contributed by atoms with Gasteiger partial charge in [0.1, 0.15) is 0 Å². The average molecular weight is 319 g/mol. The zero-order valence-electron chi connectivity index (χ0n) is 14.6. The summed E-state index contributed by atoms with van der Waals surface area (Å²) < 4.78 is 0. The van der Waals surface area contributed by atoms with Crippen molar-refractivity contribution in [2.24, 2.45) is 5.92 Å². The molecule has 5 nitrogen and oxygen atoms in total. The smallest absolute Gasteiger partial charge is 0.317 e. The molecule has 1 rings (SSSR count). The molecule has 1 atom stereocenters. The van der Waals surface area contributed by atoms with Crippen molar-refractivity contribution in [3.05, 3.63) is 35.9 Å². The Morgan fingerprint density at radius 2 is 1.65 bits per heavy atom. The molecule has 0 saturated carbocycles. The van der Waals surface area contributed by atoms with Gasteiger partial charge >= 0.3 is 6.03 Å². The first-order valence-electron chi connectivity index (χ1n) is 8.21. The van der Waals surface area contributed by atoms with Crippen molar-refractivity contribution in [2.75, 3.05) is 20.1 Å². The van der Waals surface area contributed by atoms with Gasteiger partial charge in [-0.25, -0.2) is 4.79 Å². The summed E-state index contributed by atoms with van der Waals surface area (Å²) in [5.74, 6) is 0.518. The van der Waals surface area contributed by atoms with Crippen molar-refractivity contribution in [3.63, 3.8) is 0 Å². The van der Waals surface area contributed by atoms with Crippen LogP contribution in [0.4, 0.5) is 4.79 Å². The minimum Gasteiger partial charge on any atom is -0.354 e. The Morgan fingerprint density at radius 1 is 1.04 bits per heavy atom. The van der Waals surface area contributed by atoms with E-state index in [9.17, 15) is 9.59 Å². The molecule has 0 heterocycles. The van der Waals surface area contributed by atoms with Crippen LogP contribution in [0.3, 0.4) is 0 Å². The molecule has 128 valence electrons. The summed E-state index contributed by atoms with van der Waals surface area (Å²) in [6.45, 7) is 7.19. The Hall–Kier alpha value is -2.04. The normalized spacial score (nSPS) is 11.9. The highest BCUT2D eigenvalue weighted by atomic mass is 16.2. The van der Waals surface area contributed by atoms with Crippen molar-refractivity contribution < 1.29 is 9.59 Å². The van der Waals surface area contributed by atoms with E-state index >= 15 is 0 Å². The Bertz CT molecular complexity index is 488. The third-order valence-corrected chi connectivity index (χ3v) is 3.72. The van der Waals surface area contributed by atoms with Crippen LogP contribution in [0, 0.1) is 5.92 Å². The van der Waals surface area contributed by atoms with Crippen molar-refractivity contribution in [2.45, 2.75) is 39.7 Å². The molecule has 3 amide bonds. The first kappa shape index (κ1) is 19.0. The zero-order chi connectivity index (χ0) is 17.2. The molecule has 1 aromatic carbocycles. The number of carbonyl (C=O) groups is 2. The van der Waals surface area contributed by atoms with Gasteiger partial charge in [0.25, 0.3) is 0 Å². The number of rotatable bonds is 8. The van der Waals surface area contributed by atoms with E-state index in [4.69, 9.17) is 0 Å². The molecule has 0 aliphatic carbocycles. The Labute approximate surface area is 139 Å². The van der Waals surface area contributed by atoms with E-state index in [0.717, 1.165) is 12.0 Å². The minimum absolute atomic E-state index is 0.0352. The Morgan fingerprint density at radius 3 is 2.26 bits per heavy atom. The number of nitrogens with one attached hydrogen (secondary N) is 2. The molecule has 1 unspecified atom stereocenters. The number of carbonyl (C=O) groups excluding carboxylic acids is 2. The van der Waals surface area contributed by atoms with Crippen LogP contribution in [0.1, 0.15) is 32.8 Å². The second-order valence-electron chi connectivity index (χ2n) is 6.33. The van der Waals surface area contributed by atoms with Gasteiger partial charge in [0.15, 0.2) is 0 Å². The van der Waals surface area contributed by atoms with Crippen LogP contribution in [0.25, 0.3) is 0 Å². The van der Waals surface area contributed by atoms with E-state index in [-0.39, 0.29) is 18.0 Å². The van der Waals surface area contributed by atoms with E-state index < -0.39 is 0 Å². The minimum atomic E-state index is -0.101. The van der Waals surface area contributed by atoms with Crippen molar-refractivity contribution in [1.29, 1.82) is 0 Å². The number of amides is 3. The van der Waals surface area contributed by atoms with Gasteiger partial charge in [0.2, 0.25) is 5.91 Å². The standard InChI is InChI=1S/C18H29N3O2/c1-14(2)12-15(3)21(4)18(23)20-11-10-19-17(22)13-16-8-6-5-7-9-16/h5-9,14-15H,10-13H2,1-4H3,(H,19,22)(H,20,23). The number of hydrogen-bond donors (Lipinski definition) is 2. The first-order valence-corrected chi connectivity index (χ1v) is 8.21. The zero-order valence-corrected chi connectivity index (χ0v) is 14.6. The van der Waals surface area contributed by atoms with E-state index in [2.05, 4.69) is 24.5 Å². The fourth-order valence-electron chi connectivity index (χ4n) is 2.38. The third-order valence-electron chi connectivity index (χ3n) is 3.72. The molecule has 0 aliphatic heterocycles. The largest absolute Gasteiger partial charge is 0.354 e. The average Bonchev–Trinajstić information content (AvgIpc) is 2.50. The summed E-state index contributed by atoms with van der Waals surface area (Å²) in [5, 5.41) is 5.64. The van der Waals surface area contributed by atoms with Crippen LogP contribution in [0.15, 0.2) is 30.3 Å². The first-order chi connectivity index (χ1) is 10.9. The number of hydrogen-bond acceptors (Lipinski definition) is 2. The highest BCUT2D eigenvalue weighted by Gasteiger charge is 2.16. The van der Waals surface area contributed by atoms with Gasteiger partial charge in [-0.3, -0.25) is 4.79 Å². The summed E-state index contributed by atoms with van der Waals surface area (Å²) >= 11 is 0. The van der Waals surface area contributed by atoms with E-state index in [1.807, 2.05) is 37.3 Å². The number of benzene rings is 1. The van der Waals surface area contributed by atoms with Gasteiger partial charge in [0.05, 0.1) is 6.42 Å². The molecule has 23 heavy (non-hydrogen) atoms. The molecule has 2 N–H and O–H groups in total. The molecule has 0 aliphatic rings. The SMILES string of the molecule is CC(C)CC(C)N(C)C(=O)NCCNC(=O)Cc1ccccc1. The predicted molar refractivity (Wildman–Crippen MR) is 93.2 cm³/mol. The molecule has 0 radical (unpaired) electrons. The topological polar surface area (TPSA) is 61.4 Å². The second kappa shape index (κ2) is 9.87. The molecule has 0 aromatic heterocycles. The highest BCUT2D eigenvalue weighted by molar-refractivity contribution is 5.78. The summed E-state index contributed by atoms with van der Waals surface area (Å²) in [6.07, 6.45) is 1.33. The number of urea groups is 1.